The van der Waals surface area contributed by atoms with Crippen LogP contribution in [0.25, 0.3) is 0 Å². The Labute approximate surface area is 85.9 Å². The molecule has 0 saturated heterocycles. The van der Waals surface area contributed by atoms with Crippen molar-refractivity contribution in [3.8, 4) is 0 Å². The Bertz CT molecular complexity index is 375. The molecule has 1 saturated carbocycles. The van der Waals surface area contributed by atoms with Crippen LogP contribution < -0.4 is 5.73 Å². The summed E-state index contributed by atoms with van der Waals surface area (Å²) in [4.78, 5) is 0. The molecule has 1 aromatic rings. The van der Waals surface area contributed by atoms with Gasteiger partial charge in [0, 0.05) is 11.1 Å². The van der Waals surface area contributed by atoms with Crippen molar-refractivity contribution in [1.82, 2.24) is 0 Å². The smallest absolute Gasteiger partial charge is 0.147 e. The highest BCUT2D eigenvalue weighted by Crippen LogP contribution is 2.41. The van der Waals surface area contributed by atoms with E-state index >= 15 is 0 Å². The summed E-state index contributed by atoms with van der Waals surface area (Å²) in [6.07, 6.45) is 2.32. The maximum absolute atomic E-state index is 13.5. The predicted molar refractivity (Wildman–Crippen MR) is 51.1 cm³/mol. The van der Waals surface area contributed by atoms with Gasteiger partial charge in [0.25, 0.3) is 0 Å². The predicted octanol–water partition coefficient (Wildman–Crippen LogP) is 2.96. The Balaban J connectivity index is 2.51. The summed E-state index contributed by atoms with van der Waals surface area (Å²) in [7, 11) is 0. The molecular formula is C10H10ClF2N. The number of rotatable bonds is 1. The van der Waals surface area contributed by atoms with Gasteiger partial charge in [0.1, 0.15) is 11.6 Å². The van der Waals surface area contributed by atoms with E-state index in [4.69, 9.17) is 17.3 Å². The van der Waals surface area contributed by atoms with E-state index < -0.39 is 17.2 Å². The molecule has 2 N–H and O–H groups in total. The maximum Gasteiger partial charge on any atom is 0.147 e. The van der Waals surface area contributed by atoms with Crippen molar-refractivity contribution in [2.75, 3.05) is 0 Å². The van der Waals surface area contributed by atoms with Gasteiger partial charge in [0.05, 0.1) is 5.02 Å². The molecule has 0 heterocycles. The van der Waals surface area contributed by atoms with Crippen LogP contribution in [0.1, 0.15) is 24.8 Å². The van der Waals surface area contributed by atoms with E-state index in [1.807, 2.05) is 0 Å². The van der Waals surface area contributed by atoms with Crippen LogP contribution in [0.3, 0.4) is 0 Å². The monoisotopic (exact) mass is 217 g/mol. The van der Waals surface area contributed by atoms with Crippen LogP contribution in [0.4, 0.5) is 8.78 Å². The molecule has 1 aliphatic rings. The average molecular weight is 218 g/mol. The standard InChI is InChI=1S/C10H10ClF2N/c11-8-5-6(12)4-7(9(8)13)10(14)2-1-3-10/h4-5H,1-3,14H2. The molecule has 14 heavy (non-hydrogen) atoms. The second-order valence-electron chi connectivity index (χ2n) is 3.76. The minimum absolute atomic E-state index is 0.197. The van der Waals surface area contributed by atoms with E-state index in [1.54, 1.807) is 0 Å². The third kappa shape index (κ3) is 1.41. The highest BCUT2D eigenvalue weighted by atomic mass is 35.5. The van der Waals surface area contributed by atoms with Crippen LogP contribution >= 0.6 is 11.6 Å². The lowest BCUT2D eigenvalue weighted by atomic mass is 9.72. The molecule has 1 aromatic carbocycles. The van der Waals surface area contributed by atoms with E-state index in [0.717, 1.165) is 18.6 Å². The second-order valence-corrected chi connectivity index (χ2v) is 4.17. The lowest BCUT2D eigenvalue weighted by molar-refractivity contribution is 0.244. The molecule has 1 aliphatic carbocycles. The van der Waals surface area contributed by atoms with Gasteiger partial charge in [-0.1, -0.05) is 11.6 Å². The third-order valence-corrected chi connectivity index (χ3v) is 3.05. The molecule has 0 bridgehead atoms. The lowest BCUT2D eigenvalue weighted by Gasteiger charge is -2.38. The van der Waals surface area contributed by atoms with Crippen LogP contribution in [-0.2, 0) is 5.54 Å². The number of hydrogen-bond acceptors (Lipinski definition) is 1. The normalized spacial score (nSPS) is 19.1. The zero-order valence-corrected chi connectivity index (χ0v) is 8.24. The quantitative estimate of drug-likeness (QED) is 0.720. The van der Waals surface area contributed by atoms with Gasteiger partial charge in [-0.05, 0) is 31.4 Å². The fourth-order valence-corrected chi connectivity index (χ4v) is 1.95. The van der Waals surface area contributed by atoms with Crippen molar-refractivity contribution in [2.45, 2.75) is 24.8 Å². The number of benzene rings is 1. The zero-order valence-electron chi connectivity index (χ0n) is 7.49. The number of hydrogen-bond donors (Lipinski definition) is 1. The molecule has 0 aromatic heterocycles. The Morgan fingerprint density at radius 1 is 1.29 bits per heavy atom. The van der Waals surface area contributed by atoms with Crippen molar-refractivity contribution < 1.29 is 8.78 Å². The first-order chi connectivity index (χ1) is 6.53. The Morgan fingerprint density at radius 2 is 1.93 bits per heavy atom. The molecular weight excluding hydrogens is 208 g/mol. The SMILES string of the molecule is NC1(c2cc(F)cc(Cl)c2F)CCC1. The molecule has 0 atom stereocenters. The van der Waals surface area contributed by atoms with Crippen molar-refractivity contribution in [1.29, 1.82) is 0 Å². The van der Waals surface area contributed by atoms with Gasteiger partial charge in [-0.3, -0.25) is 0 Å². The first-order valence-corrected chi connectivity index (χ1v) is 4.85. The Morgan fingerprint density at radius 3 is 2.43 bits per heavy atom. The number of halogens is 3. The van der Waals surface area contributed by atoms with E-state index in [2.05, 4.69) is 0 Å². The highest BCUT2D eigenvalue weighted by Gasteiger charge is 2.37. The van der Waals surface area contributed by atoms with E-state index in [9.17, 15) is 8.78 Å². The second kappa shape index (κ2) is 3.17. The molecule has 0 amide bonds. The van der Waals surface area contributed by atoms with Gasteiger partial charge < -0.3 is 5.73 Å². The molecule has 2 rings (SSSR count). The summed E-state index contributed by atoms with van der Waals surface area (Å²) in [5, 5.41) is -0.197. The average Bonchev–Trinajstić information content (AvgIpc) is 2.07. The molecule has 76 valence electrons. The Kier molecular flexibility index (Phi) is 2.24. The van der Waals surface area contributed by atoms with Gasteiger partial charge >= 0.3 is 0 Å². The lowest BCUT2D eigenvalue weighted by Crippen LogP contribution is -2.44. The summed E-state index contributed by atoms with van der Waals surface area (Å²) >= 11 is 5.54. The first kappa shape index (κ1) is 9.87. The van der Waals surface area contributed by atoms with E-state index in [1.165, 1.54) is 0 Å². The van der Waals surface area contributed by atoms with Crippen molar-refractivity contribution in [2.24, 2.45) is 5.73 Å². The molecule has 4 heteroatoms. The number of nitrogens with two attached hydrogens (primary N) is 1. The zero-order chi connectivity index (χ0) is 10.3. The summed E-state index contributed by atoms with van der Waals surface area (Å²) in [5.74, 6) is -1.13. The van der Waals surface area contributed by atoms with Crippen LogP contribution in [-0.4, -0.2) is 0 Å². The third-order valence-electron chi connectivity index (χ3n) is 2.78. The van der Waals surface area contributed by atoms with Gasteiger partial charge in [-0.25, -0.2) is 8.78 Å². The van der Waals surface area contributed by atoms with E-state index in [0.29, 0.717) is 12.8 Å². The summed E-state index contributed by atoms with van der Waals surface area (Å²) in [5.41, 5.74) is 5.39. The van der Waals surface area contributed by atoms with Crippen molar-refractivity contribution >= 4 is 11.6 Å². The molecule has 0 radical (unpaired) electrons. The summed E-state index contributed by atoms with van der Waals surface area (Å²) in [6.45, 7) is 0. The molecule has 1 nitrogen and oxygen atoms in total. The molecule has 0 unspecified atom stereocenters. The largest absolute Gasteiger partial charge is 0.321 e. The van der Waals surface area contributed by atoms with Crippen LogP contribution in [0.15, 0.2) is 12.1 Å². The summed E-state index contributed by atoms with van der Waals surface area (Å²) in [6, 6.07) is 2.10. The minimum Gasteiger partial charge on any atom is -0.321 e. The van der Waals surface area contributed by atoms with Gasteiger partial charge in [0.15, 0.2) is 0 Å². The van der Waals surface area contributed by atoms with Crippen molar-refractivity contribution in [3.63, 3.8) is 0 Å². The fraction of sp³-hybridized carbons (Fsp3) is 0.400. The first-order valence-electron chi connectivity index (χ1n) is 4.47. The molecule has 1 fully saturated rings. The fourth-order valence-electron chi connectivity index (χ4n) is 1.75. The van der Waals surface area contributed by atoms with Crippen molar-refractivity contribution in [3.05, 3.63) is 34.4 Å². The minimum atomic E-state index is -0.712. The van der Waals surface area contributed by atoms with Crippen LogP contribution in [0.5, 0.6) is 0 Å². The Hall–Kier alpha value is -0.670. The maximum atomic E-state index is 13.5. The van der Waals surface area contributed by atoms with Gasteiger partial charge in [0.2, 0.25) is 0 Å². The topological polar surface area (TPSA) is 26.0 Å². The van der Waals surface area contributed by atoms with Crippen LogP contribution in [0.2, 0.25) is 5.02 Å². The van der Waals surface area contributed by atoms with Gasteiger partial charge in [-0.15, -0.1) is 0 Å². The van der Waals surface area contributed by atoms with E-state index in [-0.39, 0.29) is 10.6 Å². The summed E-state index contributed by atoms with van der Waals surface area (Å²) < 4.78 is 26.5. The molecule has 0 spiro atoms. The van der Waals surface area contributed by atoms with Gasteiger partial charge in [-0.2, -0.15) is 0 Å². The highest BCUT2D eigenvalue weighted by molar-refractivity contribution is 6.30. The van der Waals surface area contributed by atoms with Crippen LogP contribution in [0, 0.1) is 11.6 Å². The molecule has 0 aliphatic heterocycles.